The Bertz CT molecular complexity index is 898. The van der Waals surface area contributed by atoms with Crippen molar-refractivity contribution in [3.63, 3.8) is 0 Å². The summed E-state index contributed by atoms with van der Waals surface area (Å²) in [5, 5.41) is 7.85. The van der Waals surface area contributed by atoms with Gasteiger partial charge in [-0.25, -0.2) is 0 Å². The second-order valence-electron chi connectivity index (χ2n) is 5.54. The number of rotatable bonds is 0. The first-order valence-electron chi connectivity index (χ1n) is 7.69. The molecule has 1 heteroatoms. The molecular weight excluding hydrogens is 343 g/mol. The summed E-state index contributed by atoms with van der Waals surface area (Å²) >= 11 is 0.708. The summed E-state index contributed by atoms with van der Waals surface area (Å²) in [5.41, 5.74) is 0. The van der Waals surface area contributed by atoms with Crippen molar-refractivity contribution in [2.75, 3.05) is 0 Å². The van der Waals surface area contributed by atoms with Gasteiger partial charge in [0.25, 0.3) is 0 Å². The summed E-state index contributed by atoms with van der Waals surface area (Å²) in [6.45, 7) is 0. The molecule has 0 nitrogen and oxygen atoms in total. The molecule has 0 aliphatic heterocycles. The Morgan fingerprint density at radius 3 is 1.00 bits per heavy atom. The number of hydrogen-bond acceptors (Lipinski definition) is 0. The molecule has 0 spiro atoms. The first-order chi connectivity index (χ1) is 11.4. The van der Waals surface area contributed by atoms with E-state index >= 15 is 0 Å². The van der Waals surface area contributed by atoms with Gasteiger partial charge in [0.1, 0.15) is 0 Å². The van der Waals surface area contributed by atoms with E-state index in [1.165, 1.54) is 32.3 Å². The van der Waals surface area contributed by atoms with E-state index in [9.17, 15) is 0 Å². The molecule has 5 rings (SSSR count). The van der Waals surface area contributed by atoms with Crippen LogP contribution in [0.4, 0.5) is 0 Å². The van der Waals surface area contributed by atoms with Gasteiger partial charge >= 0.3 is 36.5 Å². The minimum atomic E-state index is 0.708. The predicted molar refractivity (Wildman–Crippen MR) is 102 cm³/mol. The minimum Gasteiger partial charge on any atom is -0.0616 e. The van der Waals surface area contributed by atoms with E-state index in [4.69, 9.17) is 0 Å². The van der Waals surface area contributed by atoms with Crippen LogP contribution in [0.5, 0.6) is 0 Å². The molecule has 0 saturated carbocycles. The topological polar surface area (TPSA) is 0 Å². The van der Waals surface area contributed by atoms with Crippen LogP contribution >= 0.6 is 0 Å². The molecule has 1 heterocycles. The summed E-state index contributed by atoms with van der Waals surface area (Å²) in [4.78, 5) is 4.38. The van der Waals surface area contributed by atoms with Crippen LogP contribution in [0.3, 0.4) is 0 Å². The third-order valence-electron chi connectivity index (χ3n) is 3.99. The number of benzene rings is 4. The predicted octanol–water partition coefficient (Wildman–Crippen LogP) is 5.89. The number of hydrogen-bond donors (Lipinski definition) is 0. The van der Waals surface area contributed by atoms with Crippen molar-refractivity contribution in [3.05, 3.63) is 94.8 Å². The van der Waals surface area contributed by atoms with Crippen LogP contribution in [-0.4, -0.2) is 14.5 Å². The molecule has 110 valence electrons. The minimum absolute atomic E-state index is 0.708. The van der Waals surface area contributed by atoms with Crippen LogP contribution in [0, 0.1) is 0 Å². The average Bonchev–Trinajstić information content (AvgIpc) is 3.18. The maximum absolute atomic E-state index is 2.27. The Kier molecular flexibility index (Phi) is 3.98. The standard InChI is InChI=1S/C18H12.C4H4Se/c1-2-6-14-10-18-12-16-8-4-3-7-15(16)11-17(18)9-13(14)5-1;1-2-4-5-3-1/h1-12H;1-4H. The van der Waals surface area contributed by atoms with Gasteiger partial charge in [0.2, 0.25) is 0 Å². The van der Waals surface area contributed by atoms with E-state index in [1.807, 2.05) is 0 Å². The van der Waals surface area contributed by atoms with Crippen LogP contribution in [0.25, 0.3) is 32.3 Å². The second kappa shape index (κ2) is 6.42. The first kappa shape index (κ1) is 14.3. The van der Waals surface area contributed by atoms with E-state index in [-0.39, 0.29) is 0 Å². The maximum Gasteiger partial charge on any atom is -0.0171 e. The second-order valence-corrected chi connectivity index (χ2v) is 7.25. The Morgan fingerprint density at radius 1 is 0.391 bits per heavy atom. The van der Waals surface area contributed by atoms with Crippen molar-refractivity contribution >= 4 is 46.8 Å². The van der Waals surface area contributed by atoms with Gasteiger partial charge in [-0.2, -0.15) is 0 Å². The molecule has 5 aromatic rings. The van der Waals surface area contributed by atoms with Crippen molar-refractivity contribution in [1.29, 1.82) is 0 Å². The van der Waals surface area contributed by atoms with Gasteiger partial charge in [0.15, 0.2) is 0 Å². The molecule has 0 aliphatic rings. The summed E-state index contributed by atoms with van der Waals surface area (Å²) in [6.07, 6.45) is 0. The van der Waals surface area contributed by atoms with Gasteiger partial charge in [-0.05, 0) is 56.6 Å². The maximum atomic E-state index is 2.27. The van der Waals surface area contributed by atoms with E-state index in [1.54, 1.807) is 0 Å². The quantitative estimate of drug-likeness (QED) is 0.239. The smallest absolute Gasteiger partial charge is 0.0171 e. The van der Waals surface area contributed by atoms with Crippen molar-refractivity contribution in [2.45, 2.75) is 0 Å². The molecule has 0 amide bonds. The Hall–Kier alpha value is -2.34. The normalized spacial score (nSPS) is 10.6. The first-order valence-corrected chi connectivity index (χ1v) is 9.66. The molecule has 0 radical (unpaired) electrons. The molecule has 0 atom stereocenters. The van der Waals surface area contributed by atoms with E-state index in [0.717, 1.165) is 0 Å². The Morgan fingerprint density at radius 2 is 0.739 bits per heavy atom. The molecule has 0 fully saturated rings. The fourth-order valence-electron chi connectivity index (χ4n) is 2.86. The van der Waals surface area contributed by atoms with Crippen LogP contribution < -0.4 is 0 Å². The third kappa shape index (κ3) is 3.07. The van der Waals surface area contributed by atoms with Gasteiger partial charge in [-0.1, -0.05) is 48.5 Å². The van der Waals surface area contributed by atoms with E-state index in [0.29, 0.717) is 14.5 Å². The molecule has 0 saturated heterocycles. The van der Waals surface area contributed by atoms with Gasteiger partial charge in [0.05, 0.1) is 0 Å². The van der Waals surface area contributed by atoms with Gasteiger partial charge in [0, 0.05) is 0 Å². The zero-order valence-electron chi connectivity index (χ0n) is 12.6. The van der Waals surface area contributed by atoms with Crippen molar-refractivity contribution in [2.24, 2.45) is 0 Å². The zero-order chi connectivity index (χ0) is 15.5. The molecule has 1 aromatic heterocycles. The van der Waals surface area contributed by atoms with E-state index < -0.39 is 0 Å². The summed E-state index contributed by atoms with van der Waals surface area (Å²) in [6, 6.07) is 30.3. The van der Waals surface area contributed by atoms with Crippen molar-refractivity contribution < 1.29 is 0 Å². The monoisotopic (exact) mass is 360 g/mol. The summed E-state index contributed by atoms with van der Waals surface area (Å²) < 4.78 is 0. The zero-order valence-corrected chi connectivity index (χ0v) is 14.4. The van der Waals surface area contributed by atoms with Gasteiger partial charge in [-0.3, -0.25) is 0 Å². The summed E-state index contributed by atoms with van der Waals surface area (Å²) in [7, 11) is 0. The van der Waals surface area contributed by atoms with E-state index in [2.05, 4.69) is 94.8 Å². The average molecular weight is 359 g/mol. The van der Waals surface area contributed by atoms with Gasteiger partial charge in [-0.15, -0.1) is 0 Å². The van der Waals surface area contributed by atoms with Crippen molar-refractivity contribution in [1.82, 2.24) is 0 Å². The van der Waals surface area contributed by atoms with Crippen LogP contribution in [0.15, 0.2) is 94.8 Å². The molecule has 0 N–H and O–H groups in total. The fourth-order valence-corrected chi connectivity index (χ4v) is 3.81. The molecule has 0 aliphatic carbocycles. The molecule has 0 bridgehead atoms. The van der Waals surface area contributed by atoms with Crippen LogP contribution in [-0.2, 0) is 0 Å². The summed E-state index contributed by atoms with van der Waals surface area (Å²) in [5.74, 6) is 0. The van der Waals surface area contributed by atoms with Crippen molar-refractivity contribution in [3.8, 4) is 0 Å². The molecule has 4 aromatic carbocycles. The molecule has 0 unspecified atom stereocenters. The van der Waals surface area contributed by atoms with Crippen LogP contribution in [0.1, 0.15) is 0 Å². The Labute approximate surface area is 141 Å². The Balaban J connectivity index is 0.000000233. The molecule has 23 heavy (non-hydrogen) atoms. The SMILES string of the molecule is c1cc[se]c1.c1ccc2cc3cc4ccccc4cc3cc2c1. The largest absolute Gasteiger partial charge is 0.0616 e. The third-order valence-corrected chi connectivity index (χ3v) is 5.31. The van der Waals surface area contributed by atoms with Crippen LogP contribution in [0.2, 0.25) is 0 Å². The molecular formula is C22H16Se. The fraction of sp³-hybridized carbons (Fsp3) is 0. The van der Waals surface area contributed by atoms with Gasteiger partial charge < -0.3 is 0 Å². The number of fused-ring (bicyclic) bond motifs is 3.